The number of halogens is 1. The molecule has 0 aliphatic rings. The molecule has 9 heteroatoms. The van der Waals surface area contributed by atoms with Gasteiger partial charge in [0.25, 0.3) is 0 Å². The molecule has 0 aliphatic carbocycles. The van der Waals surface area contributed by atoms with E-state index in [2.05, 4.69) is 15.4 Å². The summed E-state index contributed by atoms with van der Waals surface area (Å²) in [5.41, 5.74) is 2.62. The zero-order chi connectivity index (χ0) is 20.3. The van der Waals surface area contributed by atoms with Gasteiger partial charge in [-0.15, -0.1) is 0 Å². The first-order chi connectivity index (χ1) is 13.2. The minimum atomic E-state index is -3.72. The van der Waals surface area contributed by atoms with Crippen LogP contribution in [0.5, 0.6) is 0 Å². The molecule has 0 aliphatic heterocycles. The van der Waals surface area contributed by atoms with Gasteiger partial charge in [-0.05, 0) is 55.8 Å². The minimum absolute atomic E-state index is 0.0583. The number of amides is 1. The van der Waals surface area contributed by atoms with Crippen molar-refractivity contribution in [2.45, 2.75) is 25.3 Å². The summed E-state index contributed by atoms with van der Waals surface area (Å²) in [6, 6.07) is 11.3. The third kappa shape index (κ3) is 4.76. The number of aromatic nitrogens is 3. The predicted molar refractivity (Wildman–Crippen MR) is 106 cm³/mol. The van der Waals surface area contributed by atoms with Crippen LogP contribution in [0.25, 0.3) is 5.82 Å². The van der Waals surface area contributed by atoms with Gasteiger partial charge in [-0.25, -0.2) is 18.1 Å². The zero-order valence-corrected chi connectivity index (χ0v) is 17.0. The number of sulfone groups is 1. The smallest absolute Gasteiger partial charge is 0.235 e. The molecule has 3 aromatic rings. The number of carbonyl (C=O) groups excluding carboxylic acids is 1. The molecular formula is C19H19ClN4O3S. The third-order valence-electron chi connectivity index (χ3n) is 4.02. The Morgan fingerprint density at radius 2 is 1.86 bits per heavy atom. The average molecular weight is 419 g/mol. The molecule has 7 nitrogen and oxygen atoms in total. The number of carbonyl (C=O) groups is 1. The Labute approximate surface area is 168 Å². The van der Waals surface area contributed by atoms with E-state index in [1.165, 1.54) is 24.3 Å². The molecule has 0 saturated heterocycles. The second-order valence-corrected chi connectivity index (χ2v) is 8.78. The fraction of sp³-hybridized carbons (Fsp3) is 0.211. The Kier molecular flexibility index (Phi) is 5.81. The van der Waals surface area contributed by atoms with Gasteiger partial charge in [0, 0.05) is 23.5 Å². The molecular weight excluding hydrogens is 400 g/mol. The van der Waals surface area contributed by atoms with Crippen LogP contribution in [0.4, 0.5) is 0 Å². The number of hydrogen-bond donors (Lipinski definition) is 1. The van der Waals surface area contributed by atoms with Crippen LogP contribution < -0.4 is 5.32 Å². The van der Waals surface area contributed by atoms with E-state index in [0.717, 1.165) is 17.0 Å². The number of hydrogen-bond acceptors (Lipinski definition) is 5. The highest BCUT2D eigenvalue weighted by atomic mass is 35.5. The minimum Gasteiger partial charge on any atom is -0.351 e. The highest BCUT2D eigenvalue weighted by molar-refractivity contribution is 7.92. The van der Waals surface area contributed by atoms with E-state index >= 15 is 0 Å². The summed E-state index contributed by atoms with van der Waals surface area (Å²) >= 11 is 5.76. The molecule has 0 atom stereocenters. The lowest BCUT2D eigenvalue weighted by atomic mass is 10.3. The number of nitrogens with one attached hydrogen (secondary N) is 1. The Balaban J connectivity index is 1.60. The monoisotopic (exact) mass is 418 g/mol. The van der Waals surface area contributed by atoms with Gasteiger partial charge in [0.2, 0.25) is 5.91 Å². The normalized spacial score (nSPS) is 11.4. The van der Waals surface area contributed by atoms with Crippen molar-refractivity contribution >= 4 is 27.3 Å². The van der Waals surface area contributed by atoms with E-state index in [4.69, 9.17) is 11.6 Å². The van der Waals surface area contributed by atoms with Gasteiger partial charge in [-0.2, -0.15) is 5.10 Å². The van der Waals surface area contributed by atoms with Gasteiger partial charge in [-0.1, -0.05) is 17.7 Å². The van der Waals surface area contributed by atoms with E-state index in [1.54, 1.807) is 16.9 Å². The van der Waals surface area contributed by atoms with Crippen LogP contribution in [0.3, 0.4) is 0 Å². The second-order valence-electron chi connectivity index (χ2n) is 6.35. The summed E-state index contributed by atoms with van der Waals surface area (Å²) in [7, 11) is -3.72. The summed E-state index contributed by atoms with van der Waals surface area (Å²) in [5.74, 6) is -0.546. The molecule has 1 amide bonds. The van der Waals surface area contributed by atoms with Crippen LogP contribution in [0, 0.1) is 13.8 Å². The molecule has 3 rings (SSSR count). The van der Waals surface area contributed by atoms with Crippen LogP contribution in [0.1, 0.15) is 17.0 Å². The first kappa shape index (κ1) is 20.0. The molecule has 2 heterocycles. The lowest BCUT2D eigenvalue weighted by molar-refractivity contribution is -0.118. The maximum absolute atomic E-state index is 12.3. The van der Waals surface area contributed by atoms with E-state index in [0.29, 0.717) is 10.8 Å². The quantitative estimate of drug-likeness (QED) is 0.664. The van der Waals surface area contributed by atoms with Crippen LogP contribution in [0.2, 0.25) is 5.02 Å². The van der Waals surface area contributed by atoms with Crippen LogP contribution in [-0.2, 0) is 21.2 Å². The fourth-order valence-electron chi connectivity index (χ4n) is 2.66. The molecule has 0 unspecified atom stereocenters. The molecule has 28 heavy (non-hydrogen) atoms. The van der Waals surface area contributed by atoms with Crippen molar-refractivity contribution in [3.8, 4) is 5.82 Å². The molecule has 146 valence electrons. The second kappa shape index (κ2) is 8.12. The Morgan fingerprint density at radius 3 is 2.43 bits per heavy atom. The van der Waals surface area contributed by atoms with Crippen molar-refractivity contribution in [3.63, 3.8) is 0 Å². The number of aryl methyl sites for hydroxylation is 2. The number of nitrogens with zero attached hydrogens (tertiary/aromatic N) is 3. The predicted octanol–water partition coefficient (Wildman–Crippen LogP) is 2.63. The Hall–Kier alpha value is -2.71. The number of rotatable bonds is 6. The van der Waals surface area contributed by atoms with Crippen molar-refractivity contribution in [1.82, 2.24) is 20.1 Å². The molecule has 0 radical (unpaired) electrons. The lowest BCUT2D eigenvalue weighted by Crippen LogP contribution is -2.30. The Bertz CT molecular complexity index is 1090. The fourth-order valence-corrected chi connectivity index (χ4v) is 3.95. The lowest BCUT2D eigenvalue weighted by Gasteiger charge is -2.08. The largest absolute Gasteiger partial charge is 0.351 e. The maximum atomic E-state index is 12.3. The zero-order valence-electron chi connectivity index (χ0n) is 15.4. The first-order valence-corrected chi connectivity index (χ1v) is 10.5. The summed E-state index contributed by atoms with van der Waals surface area (Å²) in [5, 5.41) is 7.40. The molecule has 0 saturated carbocycles. The average Bonchev–Trinajstić information content (AvgIpc) is 2.98. The van der Waals surface area contributed by atoms with E-state index in [-0.39, 0.29) is 11.4 Å². The molecule has 0 fully saturated rings. The topological polar surface area (TPSA) is 94.0 Å². The van der Waals surface area contributed by atoms with E-state index < -0.39 is 21.5 Å². The van der Waals surface area contributed by atoms with Crippen molar-refractivity contribution < 1.29 is 13.2 Å². The van der Waals surface area contributed by atoms with Gasteiger partial charge in [0.15, 0.2) is 15.7 Å². The van der Waals surface area contributed by atoms with Crippen molar-refractivity contribution in [2.24, 2.45) is 0 Å². The molecule has 1 N–H and O–H groups in total. The van der Waals surface area contributed by atoms with Crippen LogP contribution in [0.15, 0.2) is 53.6 Å². The van der Waals surface area contributed by atoms with Gasteiger partial charge in [0.1, 0.15) is 5.75 Å². The van der Waals surface area contributed by atoms with Crippen molar-refractivity contribution in [2.75, 3.05) is 5.75 Å². The van der Waals surface area contributed by atoms with Crippen LogP contribution >= 0.6 is 11.6 Å². The molecule has 1 aromatic carbocycles. The highest BCUT2D eigenvalue weighted by Crippen LogP contribution is 2.15. The van der Waals surface area contributed by atoms with Gasteiger partial charge in [0.05, 0.1) is 10.6 Å². The van der Waals surface area contributed by atoms with E-state index in [9.17, 15) is 13.2 Å². The molecule has 2 aromatic heterocycles. The summed E-state index contributed by atoms with van der Waals surface area (Å²) in [6.45, 7) is 4.03. The number of benzene rings is 1. The van der Waals surface area contributed by atoms with E-state index in [1.807, 2.05) is 26.0 Å². The van der Waals surface area contributed by atoms with Gasteiger partial charge < -0.3 is 5.32 Å². The molecule has 0 spiro atoms. The highest BCUT2D eigenvalue weighted by Gasteiger charge is 2.19. The van der Waals surface area contributed by atoms with Crippen LogP contribution in [-0.4, -0.2) is 34.8 Å². The van der Waals surface area contributed by atoms with Gasteiger partial charge in [-0.3, -0.25) is 4.79 Å². The van der Waals surface area contributed by atoms with Crippen molar-refractivity contribution in [3.05, 3.63) is 70.6 Å². The Morgan fingerprint density at radius 1 is 1.14 bits per heavy atom. The molecule has 0 bridgehead atoms. The third-order valence-corrected chi connectivity index (χ3v) is 5.90. The summed E-state index contributed by atoms with van der Waals surface area (Å²) in [6.07, 6.45) is 1.62. The van der Waals surface area contributed by atoms with Gasteiger partial charge >= 0.3 is 0 Å². The SMILES string of the molecule is Cc1cc(C)n(-c2ccc(CNC(=O)CS(=O)(=O)c3ccc(Cl)cc3)cn2)n1. The maximum Gasteiger partial charge on any atom is 0.235 e. The summed E-state index contributed by atoms with van der Waals surface area (Å²) in [4.78, 5) is 16.5. The summed E-state index contributed by atoms with van der Waals surface area (Å²) < 4.78 is 26.3. The standard InChI is InChI=1S/C19H19ClN4O3S/c1-13-9-14(2)24(23-13)18-8-3-15(10-21-18)11-22-19(25)12-28(26,27)17-6-4-16(20)5-7-17/h3-10H,11-12H2,1-2H3,(H,22,25). The first-order valence-electron chi connectivity index (χ1n) is 8.48. The number of pyridine rings is 1. The van der Waals surface area contributed by atoms with Crippen molar-refractivity contribution in [1.29, 1.82) is 0 Å².